The molecule has 0 radical (unpaired) electrons. The molecule has 0 unspecified atom stereocenters. The van der Waals surface area contributed by atoms with Gasteiger partial charge in [0.15, 0.2) is 5.96 Å². The fraction of sp³-hybridized carbons (Fsp3) is 0.550. The van der Waals surface area contributed by atoms with E-state index in [1.165, 1.54) is 12.8 Å². The first kappa shape index (κ1) is 22.9. The summed E-state index contributed by atoms with van der Waals surface area (Å²) in [4.78, 5) is 13.5. The molecule has 1 saturated carbocycles. The molecule has 3 rings (SSSR count). The number of nitrogens with zero attached hydrogens (tertiary/aromatic N) is 3. The van der Waals surface area contributed by atoms with Crippen molar-refractivity contribution in [2.75, 3.05) is 13.1 Å². The lowest BCUT2D eigenvalue weighted by atomic mass is 10.2. The van der Waals surface area contributed by atoms with E-state index in [1.54, 1.807) is 17.5 Å². The fourth-order valence-electron chi connectivity index (χ4n) is 3.13. The average Bonchev–Trinajstić information content (AvgIpc) is 3.32. The van der Waals surface area contributed by atoms with Crippen LogP contribution in [0.15, 0.2) is 28.7 Å². The van der Waals surface area contributed by atoms with E-state index >= 15 is 0 Å². The van der Waals surface area contributed by atoms with Gasteiger partial charge < -0.3 is 15.4 Å². The van der Waals surface area contributed by atoms with Crippen LogP contribution in [-0.2, 0) is 13.0 Å². The number of nitrogens with one attached hydrogen (secondary N) is 2. The molecule has 0 spiro atoms. The van der Waals surface area contributed by atoms with Gasteiger partial charge in [-0.3, -0.25) is 0 Å². The highest BCUT2D eigenvalue weighted by Crippen LogP contribution is 2.23. The number of aryl methyl sites for hydroxylation is 1. The molecule has 2 aromatic rings. The van der Waals surface area contributed by atoms with Crippen molar-refractivity contribution in [3.05, 3.63) is 40.0 Å². The Hall–Kier alpha value is -1.42. The summed E-state index contributed by atoms with van der Waals surface area (Å²) in [5.74, 6) is 1.53. The summed E-state index contributed by atoms with van der Waals surface area (Å²) in [6, 6.07) is 4.00. The van der Waals surface area contributed by atoms with Gasteiger partial charge in [-0.15, -0.1) is 35.3 Å². The van der Waals surface area contributed by atoms with Crippen molar-refractivity contribution in [3.63, 3.8) is 0 Å². The molecular formula is C20H30IN5OS. The third-order valence-corrected chi connectivity index (χ3v) is 5.32. The van der Waals surface area contributed by atoms with Crippen LogP contribution < -0.4 is 15.4 Å². The summed E-state index contributed by atoms with van der Waals surface area (Å²) >= 11 is 1.69. The van der Waals surface area contributed by atoms with Crippen LogP contribution in [0.1, 0.15) is 48.9 Å². The molecule has 0 amide bonds. The van der Waals surface area contributed by atoms with Gasteiger partial charge >= 0.3 is 0 Å². The van der Waals surface area contributed by atoms with Crippen LogP contribution in [0, 0.1) is 6.92 Å². The van der Waals surface area contributed by atoms with Gasteiger partial charge in [-0.05, 0) is 51.2 Å². The first-order valence-corrected chi connectivity index (χ1v) is 10.7. The molecule has 154 valence electrons. The van der Waals surface area contributed by atoms with E-state index in [0.717, 1.165) is 54.6 Å². The van der Waals surface area contributed by atoms with Crippen molar-refractivity contribution >= 4 is 41.3 Å². The standard InChI is InChI=1S/C20H29N5OS.HI/c1-3-21-20(23-11-9-17-14-27-15(2)25-17)24-13-16-8-10-22-19(12-16)26-18-6-4-5-7-18;/h8,10,12,14,18H,3-7,9,11,13H2,1-2H3,(H2,21,23,24);1H. The Labute approximate surface area is 188 Å². The van der Waals surface area contributed by atoms with E-state index in [0.29, 0.717) is 18.5 Å². The molecule has 2 N–H and O–H groups in total. The third-order valence-electron chi connectivity index (χ3n) is 4.49. The molecule has 28 heavy (non-hydrogen) atoms. The molecule has 6 nitrogen and oxygen atoms in total. The molecule has 0 aromatic carbocycles. The maximum atomic E-state index is 5.99. The molecule has 1 aliphatic rings. The quantitative estimate of drug-likeness (QED) is 0.315. The average molecular weight is 515 g/mol. The molecule has 1 aliphatic carbocycles. The van der Waals surface area contributed by atoms with E-state index in [4.69, 9.17) is 4.74 Å². The van der Waals surface area contributed by atoms with Crippen LogP contribution >= 0.6 is 35.3 Å². The van der Waals surface area contributed by atoms with Crippen LogP contribution in [0.3, 0.4) is 0 Å². The highest BCUT2D eigenvalue weighted by atomic mass is 127. The molecule has 2 aromatic heterocycles. The zero-order chi connectivity index (χ0) is 18.9. The lowest BCUT2D eigenvalue weighted by molar-refractivity contribution is 0.201. The van der Waals surface area contributed by atoms with Gasteiger partial charge in [-0.2, -0.15) is 0 Å². The summed E-state index contributed by atoms with van der Waals surface area (Å²) < 4.78 is 5.99. The van der Waals surface area contributed by atoms with Crippen molar-refractivity contribution in [1.82, 2.24) is 20.6 Å². The summed E-state index contributed by atoms with van der Waals surface area (Å²) in [6.45, 7) is 6.33. The lowest BCUT2D eigenvalue weighted by Crippen LogP contribution is -2.38. The second-order valence-corrected chi connectivity index (χ2v) is 7.82. The minimum absolute atomic E-state index is 0. The minimum Gasteiger partial charge on any atom is -0.474 e. The van der Waals surface area contributed by atoms with Crippen molar-refractivity contribution in [1.29, 1.82) is 0 Å². The maximum Gasteiger partial charge on any atom is 0.213 e. The molecule has 0 saturated heterocycles. The predicted octanol–water partition coefficient (Wildman–Crippen LogP) is 4.08. The fourth-order valence-corrected chi connectivity index (χ4v) is 3.78. The normalized spacial score (nSPS) is 14.6. The highest BCUT2D eigenvalue weighted by molar-refractivity contribution is 14.0. The van der Waals surface area contributed by atoms with Crippen molar-refractivity contribution in [2.24, 2.45) is 4.99 Å². The number of guanidine groups is 1. The predicted molar refractivity (Wildman–Crippen MR) is 126 cm³/mol. The summed E-state index contributed by atoms with van der Waals surface area (Å²) in [6.07, 6.45) is 7.81. The van der Waals surface area contributed by atoms with E-state index in [9.17, 15) is 0 Å². The Morgan fingerprint density at radius 3 is 2.86 bits per heavy atom. The molecule has 2 heterocycles. The maximum absolute atomic E-state index is 5.99. The number of thiazole rings is 1. The Bertz CT molecular complexity index is 746. The first-order chi connectivity index (χ1) is 13.2. The van der Waals surface area contributed by atoms with Gasteiger partial charge in [0.2, 0.25) is 5.88 Å². The SMILES string of the molecule is CCNC(=NCc1ccnc(OC2CCCC2)c1)NCCc1csc(C)n1.I. The molecule has 0 bridgehead atoms. The van der Waals surface area contributed by atoms with Crippen LogP contribution in [0.25, 0.3) is 0 Å². The molecular weight excluding hydrogens is 485 g/mol. The van der Waals surface area contributed by atoms with E-state index in [2.05, 4.69) is 37.9 Å². The van der Waals surface area contributed by atoms with Crippen molar-refractivity contribution in [2.45, 2.75) is 58.6 Å². The van der Waals surface area contributed by atoms with Crippen LogP contribution in [0.4, 0.5) is 0 Å². The number of aromatic nitrogens is 2. The Morgan fingerprint density at radius 2 is 2.14 bits per heavy atom. The molecule has 1 fully saturated rings. The monoisotopic (exact) mass is 515 g/mol. The van der Waals surface area contributed by atoms with E-state index in [1.807, 2.05) is 19.1 Å². The number of ether oxygens (including phenoxy) is 1. The van der Waals surface area contributed by atoms with Gasteiger partial charge in [0.05, 0.1) is 17.2 Å². The zero-order valence-electron chi connectivity index (χ0n) is 16.6. The van der Waals surface area contributed by atoms with Crippen molar-refractivity contribution in [3.8, 4) is 5.88 Å². The van der Waals surface area contributed by atoms with Crippen molar-refractivity contribution < 1.29 is 4.74 Å². The Kier molecular flexibility index (Phi) is 9.97. The van der Waals surface area contributed by atoms with Crippen LogP contribution in [0.5, 0.6) is 5.88 Å². The molecule has 0 atom stereocenters. The lowest BCUT2D eigenvalue weighted by Gasteiger charge is -2.13. The van der Waals surface area contributed by atoms with Crippen LogP contribution in [-0.4, -0.2) is 35.1 Å². The smallest absolute Gasteiger partial charge is 0.213 e. The van der Waals surface area contributed by atoms with Gasteiger partial charge in [0.25, 0.3) is 0 Å². The largest absolute Gasteiger partial charge is 0.474 e. The van der Waals surface area contributed by atoms with Gasteiger partial charge in [-0.1, -0.05) is 0 Å². The topological polar surface area (TPSA) is 71.4 Å². The first-order valence-electron chi connectivity index (χ1n) is 9.77. The summed E-state index contributed by atoms with van der Waals surface area (Å²) in [7, 11) is 0. The van der Waals surface area contributed by atoms with Gasteiger partial charge in [-0.25, -0.2) is 15.0 Å². The van der Waals surface area contributed by atoms with Gasteiger partial charge in [0.1, 0.15) is 6.10 Å². The van der Waals surface area contributed by atoms with E-state index in [-0.39, 0.29) is 24.0 Å². The number of rotatable bonds is 8. The molecule has 0 aliphatic heterocycles. The van der Waals surface area contributed by atoms with Gasteiger partial charge in [0, 0.05) is 37.2 Å². The number of hydrogen-bond acceptors (Lipinski definition) is 5. The second kappa shape index (κ2) is 12.2. The minimum atomic E-state index is 0. The number of aliphatic imine (C=N–C) groups is 1. The molecule has 8 heteroatoms. The summed E-state index contributed by atoms with van der Waals surface area (Å²) in [5.41, 5.74) is 2.23. The Balaban J connectivity index is 0.00000280. The third kappa shape index (κ3) is 7.54. The highest BCUT2D eigenvalue weighted by Gasteiger charge is 2.17. The van der Waals surface area contributed by atoms with Crippen LogP contribution in [0.2, 0.25) is 0 Å². The summed E-state index contributed by atoms with van der Waals surface area (Å²) in [5, 5.41) is 9.90. The Morgan fingerprint density at radius 1 is 1.32 bits per heavy atom. The number of hydrogen-bond donors (Lipinski definition) is 2. The number of halogens is 1. The second-order valence-electron chi connectivity index (χ2n) is 6.76. The zero-order valence-corrected chi connectivity index (χ0v) is 19.8. The number of pyridine rings is 1. The van der Waals surface area contributed by atoms with E-state index < -0.39 is 0 Å².